The van der Waals surface area contributed by atoms with Crippen LogP contribution in [-0.2, 0) is 11.3 Å². The third-order valence-electron chi connectivity index (χ3n) is 4.02. The zero-order valence-corrected chi connectivity index (χ0v) is 11.5. The highest BCUT2D eigenvalue weighted by atomic mass is 19.1. The summed E-state index contributed by atoms with van der Waals surface area (Å²) in [6, 6.07) is 3.51. The molecule has 0 aliphatic carbocycles. The predicted molar refractivity (Wildman–Crippen MR) is 71.2 cm³/mol. The molecule has 1 fully saturated rings. The lowest BCUT2D eigenvalue weighted by molar-refractivity contribution is -0.148. The molecule has 1 heterocycles. The molecule has 0 spiro atoms. The molecule has 1 unspecified atom stereocenters. The third kappa shape index (κ3) is 2.98. The number of carboxylic acids is 1. The maximum absolute atomic E-state index is 13.6. The topological polar surface area (TPSA) is 40.5 Å². The summed E-state index contributed by atoms with van der Waals surface area (Å²) in [6.45, 7) is 3.34. The first kappa shape index (κ1) is 14.9. The van der Waals surface area contributed by atoms with Gasteiger partial charge in [0.05, 0.1) is 5.41 Å². The van der Waals surface area contributed by atoms with Crippen LogP contribution in [0.15, 0.2) is 18.2 Å². The first-order valence-corrected chi connectivity index (χ1v) is 6.86. The van der Waals surface area contributed by atoms with Gasteiger partial charge in [0.25, 0.3) is 0 Å². The van der Waals surface area contributed by atoms with Crippen molar-refractivity contribution in [2.75, 3.05) is 13.1 Å². The predicted octanol–water partition coefficient (Wildman–Crippen LogP) is 3.04. The average Bonchev–Trinajstić information content (AvgIpc) is 2.78. The van der Waals surface area contributed by atoms with Crippen LogP contribution in [0.1, 0.15) is 31.7 Å². The minimum absolute atomic E-state index is 0.324. The summed E-state index contributed by atoms with van der Waals surface area (Å²) in [6.07, 6.45) is 2.02. The van der Waals surface area contributed by atoms with Gasteiger partial charge in [0.15, 0.2) is 0 Å². The van der Waals surface area contributed by atoms with E-state index in [1.165, 1.54) is 12.1 Å². The van der Waals surface area contributed by atoms with E-state index in [1.807, 2.05) is 11.8 Å². The second kappa shape index (κ2) is 5.87. The van der Waals surface area contributed by atoms with E-state index in [0.29, 0.717) is 38.0 Å². The van der Waals surface area contributed by atoms with Crippen molar-refractivity contribution < 1.29 is 18.7 Å². The Kier molecular flexibility index (Phi) is 4.38. The summed E-state index contributed by atoms with van der Waals surface area (Å²) in [5, 5.41) is 9.42. The van der Waals surface area contributed by atoms with Crippen LogP contribution in [0.25, 0.3) is 0 Å². The van der Waals surface area contributed by atoms with Crippen molar-refractivity contribution in [2.24, 2.45) is 5.41 Å². The number of rotatable bonds is 5. The summed E-state index contributed by atoms with van der Waals surface area (Å²) in [5.74, 6) is -1.95. The SMILES string of the molecule is CCCC1(C(=O)O)CCN(Cc2ccc(F)cc2F)C1. The molecule has 3 nitrogen and oxygen atoms in total. The molecule has 0 amide bonds. The van der Waals surface area contributed by atoms with Gasteiger partial charge in [-0.15, -0.1) is 0 Å². The summed E-state index contributed by atoms with van der Waals surface area (Å²) >= 11 is 0. The molecule has 110 valence electrons. The monoisotopic (exact) mass is 283 g/mol. The van der Waals surface area contributed by atoms with Crippen molar-refractivity contribution in [3.05, 3.63) is 35.4 Å². The van der Waals surface area contributed by atoms with Gasteiger partial charge >= 0.3 is 5.97 Å². The first-order valence-electron chi connectivity index (χ1n) is 6.86. The van der Waals surface area contributed by atoms with Gasteiger partial charge < -0.3 is 5.11 Å². The number of carbonyl (C=O) groups is 1. The second-order valence-corrected chi connectivity index (χ2v) is 5.53. The maximum Gasteiger partial charge on any atom is 0.310 e. The highest BCUT2D eigenvalue weighted by Crippen LogP contribution is 2.36. The first-order chi connectivity index (χ1) is 9.47. The van der Waals surface area contributed by atoms with Crippen molar-refractivity contribution in [3.8, 4) is 0 Å². The van der Waals surface area contributed by atoms with Crippen molar-refractivity contribution in [3.63, 3.8) is 0 Å². The van der Waals surface area contributed by atoms with E-state index in [0.717, 1.165) is 12.5 Å². The number of likely N-dealkylation sites (tertiary alicyclic amines) is 1. The van der Waals surface area contributed by atoms with Crippen LogP contribution in [0, 0.1) is 17.0 Å². The standard InChI is InChI=1S/C15H19F2NO2/c1-2-5-15(14(19)20)6-7-18(10-15)9-11-3-4-12(16)8-13(11)17/h3-4,8H,2,5-7,9-10H2,1H3,(H,19,20). The van der Waals surface area contributed by atoms with Gasteiger partial charge in [0, 0.05) is 24.7 Å². The fourth-order valence-electron chi connectivity index (χ4n) is 2.95. The number of nitrogens with zero attached hydrogens (tertiary/aromatic N) is 1. The lowest BCUT2D eigenvalue weighted by atomic mass is 9.83. The number of hydrogen-bond donors (Lipinski definition) is 1. The fraction of sp³-hybridized carbons (Fsp3) is 0.533. The highest BCUT2D eigenvalue weighted by molar-refractivity contribution is 5.75. The zero-order valence-electron chi connectivity index (χ0n) is 11.5. The molecule has 1 aliphatic rings. The number of carboxylic acid groups (broad SMARTS) is 1. The number of halogens is 2. The Labute approximate surface area is 117 Å². The molecule has 2 rings (SSSR count). The number of aliphatic carboxylic acids is 1. The Hall–Kier alpha value is -1.49. The van der Waals surface area contributed by atoms with Crippen LogP contribution in [0.5, 0.6) is 0 Å². The molecule has 1 aliphatic heterocycles. The van der Waals surface area contributed by atoms with Gasteiger partial charge in [0.2, 0.25) is 0 Å². The summed E-state index contributed by atoms with van der Waals surface area (Å²) in [5.41, 5.74) is -0.310. The van der Waals surface area contributed by atoms with E-state index in [-0.39, 0.29) is 0 Å². The van der Waals surface area contributed by atoms with Crippen LogP contribution in [0.3, 0.4) is 0 Å². The van der Waals surface area contributed by atoms with Crippen LogP contribution >= 0.6 is 0 Å². The Morgan fingerprint density at radius 3 is 2.80 bits per heavy atom. The smallest absolute Gasteiger partial charge is 0.310 e. The Bertz CT molecular complexity index is 507. The lowest BCUT2D eigenvalue weighted by Gasteiger charge is -2.24. The van der Waals surface area contributed by atoms with Gasteiger partial charge in [-0.05, 0) is 25.5 Å². The van der Waals surface area contributed by atoms with Gasteiger partial charge in [-0.25, -0.2) is 8.78 Å². The average molecular weight is 283 g/mol. The van der Waals surface area contributed by atoms with E-state index in [1.54, 1.807) is 0 Å². The van der Waals surface area contributed by atoms with Crippen molar-refractivity contribution >= 4 is 5.97 Å². The molecule has 0 radical (unpaired) electrons. The summed E-state index contributed by atoms with van der Waals surface area (Å²) in [4.78, 5) is 13.4. The highest BCUT2D eigenvalue weighted by Gasteiger charge is 2.43. The third-order valence-corrected chi connectivity index (χ3v) is 4.02. The van der Waals surface area contributed by atoms with E-state index in [9.17, 15) is 18.7 Å². The molecule has 0 bridgehead atoms. The summed E-state index contributed by atoms with van der Waals surface area (Å²) < 4.78 is 26.5. The quantitative estimate of drug-likeness (QED) is 0.903. The minimum Gasteiger partial charge on any atom is -0.481 e. The zero-order chi connectivity index (χ0) is 14.8. The Balaban J connectivity index is 2.07. The second-order valence-electron chi connectivity index (χ2n) is 5.53. The van der Waals surface area contributed by atoms with Crippen LogP contribution in [0.2, 0.25) is 0 Å². The largest absolute Gasteiger partial charge is 0.481 e. The maximum atomic E-state index is 13.6. The van der Waals surface area contributed by atoms with E-state index < -0.39 is 23.0 Å². The molecular formula is C15H19F2NO2. The van der Waals surface area contributed by atoms with Crippen LogP contribution in [-0.4, -0.2) is 29.1 Å². The van der Waals surface area contributed by atoms with Crippen molar-refractivity contribution in [1.82, 2.24) is 4.90 Å². The molecule has 5 heteroatoms. The normalized spacial score (nSPS) is 23.1. The van der Waals surface area contributed by atoms with Crippen molar-refractivity contribution in [2.45, 2.75) is 32.7 Å². The summed E-state index contributed by atoms with van der Waals surface area (Å²) in [7, 11) is 0. The van der Waals surface area contributed by atoms with E-state index >= 15 is 0 Å². The molecular weight excluding hydrogens is 264 g/mol. The molecule has 0 aromatic heterocycles. The molecule has 20 heavy (non-hydrogen) atoms. The van der Waals surface area contributed by atoms with Crippen LogP contribution in [0.4, 0.5) is 8.78 Å². The molecule has 0 saturated carbocycles. The van der Waals surface area contributed by atoms with Crippen LogP contribution < -0.4 is 0 Å². The molecule has 1 aromatic carbocycles. The Morgan fingerprint density at radius 2 is 2.20 bits per heavy atom. The van der Waals surface area contributed by atoms with E-state index in [4.69, 9.17) is 0 Å². The minimum atomic E-state index is -0.776. The van der Waals surface area contributed by atoms with Gasteiger partial charge in [0.1, 0.15) is 11.6 Å². The fourth-order valence-corrected chi connectivity index (χ4v) is 2.95. The molecule has 1 saturated heterocycles. The van der Waals surface area contributed by atoms with Crippen molar-refractivity contribution in [1.29, 1.82) is 0 Å². The number of hydrogen-bond acceptors (Lipinski definition) is 2. The van der Waals surface area contributed by atoms with Gasteiger partial charge in [-0.2, -0.15) is 0 Å². The molecule has 1 atom stereocenters. The van der Waals surface area contributed by atoms with E-state index in [2.05, 4.69) is 0 Å². The van der Waals surface area contributed by atoms with Gasteiger partial charge in [-0.1, -0.05) is 19.4 Å². The molecule has 1 aromatic rings. The number of benzene rings is 1. The van der Waals surface area contributed by atoms with Gasteiger partial charge in [-0.3, -0.25) is 9.69 Å². The molecule has 1 N–H and O–H groups in total. The lowest BCUT2D eigenvalue weighted by Crippen LogP contribution is -2.34. The Morgan fingerprint density at radius 1 is 1.45 bits per heavy atom.